The Morgan fingerprint density at radius 3 is 2.91 bits per heavy atom. The molecule has 0 saturated heterocycles. The summed E-state index contributed by atoms with van der Waals surface area (Å²) >= 11 is 1.70. The Bertz CT molecular complexity index is 766. The lowest BCUT2D eigenvalue weighted by Crippen LogP contribution is -2.12. The highest BCUT2D eigenvalue weighted by Gasteiger charge is 2.12. The van der Waals surface area contributed by atoms with E-state index in [1.54, 1.807) is 24.6 Å². The highest BCUT2D eigenvalue weighted by molar-refractivity contribution is 7.22. The number of nitrogens with zero attached hydrogens (tertiary/aromatic N) is 2. The lowest BCUT2D eigenvalue weighted by molar-refractivity contribution is 0.211. The molecule has 0 bridgehead atoms. The lowest BCUT2D eigenvalue weighted by Gasteiger charge is -2.12. The van der Waals surface area contributed by atoms with Crippen molar-refractivity contribution in [2.45, 2.75) is 19.9 Å². The zero-order valence-electron chi connectivity index (χ0n) is 13.5. The summed E-state index contributed by atoms with van der Waals surface area (Å²) in [5, 5.41) is 13.8. The van der Waals surface area contributed by atoms with E-state index in [1.165, 1.54) is 0 Å². The molecule has 0 saturated carbocycles. The number of H-pyrrole nitrogens is 1. The number of anilines is 2. The van der Waals surface area contributed by atoms with Crippen LogP contribution in [0.3, 0.4) is 0 Å². The first-order valence-corrected chi connectivity index (χ1v) is 8.42. The van der Waals surface area contributed by atoms with Crippen LogP contribution in [0.5, 0.6) is 0 Å². The number of methoxy groups -OCH3 is 1. The van der Waals surface area contributed by atoms with E-state index >= 15 is 0 Å². The molecule has 3 heterocycles. The van der Waals surface area contributed by atoms with Gasteiger partial charge >= 0.3 is 0 Å². The predicted molar refractivity (Wildman–Crippen MR) is 96.3 cm³/mol. The van der Waals surface area contributed by atoms with Crippen LogP contribution in [-0.4, -0.2) is 41.5 Å². The van der Waals surface area contributed by atoms with Gasteiger partial charge in [-0.25, -0.2) is 4.98 Å². The fraction of sp³-hybridized carbons (Fsp3) is 0.375. The van der Waals surface area contributed by atoms with E-state index in [4.69, 9.17) is 9.72 Å². The molecule has 0 aromatic carbocycles. The van der Waals surface area contributed by atoms with E-state index in [0.29, 0.717) is 12.6 Å². The number of aromatic nitrogens is 3. The smallest absolute Gasteiger partial charge is 0.128 e. The Hall–Kier alpha value is -2.12. The number of nitrogens with one attached hydrogen (secondary N) is 3. The van der Waals surface area contributed by atoms with Crippen molar-refractivity contribution in [3.05, 3.63) is 24.4 Å². The van der Waals surface area contributed by atoms with Crippen molar-refractivity contribution >= 4 is 33.1 Å². The number of hydrogen-bond acceptors (Lipinski definition) is 6. The van der Waals surface area contributed by atoms with Gasteiger partial charge in [0.2, 0.25) is 0 Å². The summed E-state index contributed by atoms with van der Waals surface area (Å²) in [5.74, 6) is 0.876. The number of pyridine rings is 1. The summed E-state index contributed by atoms with van der Waals surface area (Å²) in [5.41, 5.74) is 3.06. The predicted octanol–water partition coefficient (Wildman–Crippen LogP) is 3.57. The third kappa shape index (κ3) is 3.62. The minimum atomic E-state index is 0.331. The van der Waals surface area contributed by atoms with Gasteiger partial charge in [0, 0.05) is 32.0 Å². The van der Waals surface area contributed by atoms with Crippen LogP contribution in [0.15, 0.2) is 24.4 Å². The number of fused-ring (bicyclic) bond motifs is 1. The molecule has 0 radical (unpaired) electrons. The first-order chi connectivity index (χ1) is 11.2. The Morgan fingerprint density at radius 2 is 2.22 bits per heavy atom. The van der Waals surface area contributed by atoms with E-state index in [9.17, 15) is 0 Å². The maximum atomic E-state index is 5.13. The highest BCUT2D eigenvalue weighted by Crippen LogP contribution is 2.37. The van der Waals surface area contributed by atoms with Gasteiger partial charge in [-0.05, 0) is 26.0 Å². The van der Waals surface area contributed by atoms with E-state index in [1.807, 2.05) is 6.07 Å². The molecule has 0 fully saturated rings. The Kier molecular flexibility index (Phi) is 4.78. The molecule has 122 valence electrons. The first kappa shape index (κ1) is 15.8. The van der Waals surface area contributed by atoms with E-state index in [2.05, 4.69) is 46.8 Å². The van der Waals surface area contributed by atoms with Crippen molar-refractivity contribution in [2.24, 2.45) is 0 Å². The summed E-state index contributed by atoms with van der Waals surface area (Å²) in [7, 11) is 1.71. The summed E-state index contributed by atoms with van der Waals surface area (Å²) in [6.45, 7) is 5.63. The number of hydrogen-bond donors (Lipinski definition) is 3. The van der Waals surface area contributed by atoms with Gasteiger partial charge in [-0.15, -0.1) is 11.3 Å². The molecule has 0 unspecified atom stereocenters. The summed E-state index contributed by atoms with van der Waals surface area (Å²) in [6.07, 6.45) is 1.76. The largest absolute Gasteiger partial charge is 0.383 e. The molecule has 3 aromatic heterocycles. The molecule has 7 heteroatoms. The fourth-order valence-corrected chi connectivity index (χ4v) is 3.40. The molecule has 0 aliphatic carbocycles. The molecule has 23 heavy (non-hydrogen) atoms. The maximum absolute atomic E-state index is 5.13. The second-order valence-electron chi connectivity index (χ2n) is 5.57. The van der Waals surface area contributed by atoms with E-state index in [0.717, 1.165) is 38.8 Å². The maximum Gasteiger partial charge on any atom is 0.128 e. The summed E-state index contributed by atoms with van der Waals surface area (Å²) in [4.78, 5) is 5.85. The summed E-state index contributed by atoms with van der Waals surface area (Å²) < 4.78 is 6.27. The van der Waals surface area contributed by atoms with Gasteiger partial charge in [-0.1, -0.05) is 0 Å². The molecule has 3 aromatic rings. The SMILES string of the molecule is COCCNc1cc(NC(C)C)nc2cc(-c3ccn[nH]3)sc12. The molecular formula is C16H21N5OS. The van der Waals surface area contributed by atoms with Gasteiger partial charge in [0.15, 0.2) is 0 Å². The quantitative estimate of drug-likeness (QED) is 0.577. The zero-order chi connectivity index (χ0) is 16.2. The van der Waals surface area contributed by atoms with Gasteiger partial charge in [0.05, 0.1) is 33.1 Å². The number of rotatable bonds is 7. The summed E-state index contributed by atoms with van der Waals surface area (Å²) in [6, 6.07) is 6.46. The van der Waals surface area contributed by atoms with Crippen LogP contribution in [0.1, 0.15) is 13.8 Å². The second-order valence-corrected chi connectivity index (χ2v) is 6.62. The minimum Gasteiger partial charge on any atom is -0.383 e. The molecule has 0 amide bonds. The van der Waals surface area contributed by atoms with Crippen LogP contribution in [0, 0.1) is 0 Å². The Balaban J connectivity index is 2.01. The topological polar surface area (TPSA) is 74.9 Å². The van der Waals surface area contributed by atoms with Crippen LogP contribution in [0.25, 0.3) is 20.8 Å². The highest BCUT2D eigenvalue weighted by atomic mass is 32.1. The van der Waals surface area contributed by atoms with Crippen molar-refractivity contribution in [1.82, 2.24) is 15.2 Å². The van der Waals surface area contributed by atoms with Gasteiger partial charge in [0.1, 0.15) is 5.82 Å². The van der Waals surface area contributed by atoms with Crippen LogP contribution in [0.4, 0.5) is 11.5 Å². The monoisotopic (exact) mass is 331 g/mol. The Morgan fingerprint density at radius 1 is 1.35 bits per heavy atom. The zero-order valence-corrected chi connectivity index (χ0v) is 14.3. The molecular weight excluding hydrogens is 310 g/mol. The molecule has 0 aliphatic rings. The fourth-order valence-electron chi connectivity index (χ4n) is 2.34. The lowest BCUT2D eigenvalue weighted by atomic mass is 10.3. The first-order valence-electron chi connectivity index (χ1n) is 7.61. The van der Waals surface area contributed by atoms with Crippen molar-refractivity contribution in [3.8, 4) is 10.6 Å². The van der Waals surface area contributed by atoms with E-state index < -0.39 is 0 Å². The van der Waals surface area contributed by atoms with Gasteiger partial charge in [-0.2, -0.15) is 5.10 Å². The van der Waals surface area contributed by atoms with Crippen LogP contribution >= 0.6 is 11.3 Å². The minimum absolute atomic E-state index is 0.331. The Labute approximate surface area is 139 Å². The molecule has 3 rings (SSSR count). The van der Waals surface area contributed by atoms with Crippen LogP contribution in [-0.2, 0) is 4.74 Å². The van der Waals surface area contributed by atoms with Gasteiger partial charge < -0.3 is 15.4 Å². The van der Waals surface area contributed by atoms with E-state index in [-0.39, 0.29) is 0 Å². The van der Waals surface area contributed by atoms with Crippen LogP contribution < -0.4 is 10.6 Å². The van der Waals surface area contributed by atoms with Gasteiger partial charge in [0.25, 0.3) is 0 Å². The normalized spacial score (nSPS) is 11.3. The second kappa shape index (κ2) is 6.97. The standard InChI is InChI=1S/C16H21N5OS/c1-10(2)19-15-9-12(17-6-7-22-3)16-13(20-15)8-14(23-16)11-4-5-18-21-11/h4-5,8-10H,6-7H2,1-3H3,(H,18,21)(H2,17,19,20). The van der Waals surface area contributed by atoms with Crippen molar-refractivity contribution < 1.29 is 4.74 Å². The number of ether oxygens (including phenoxy) is 1. The molecule has 0 aliphatic heterocycles. The van der Waals surface area contributed by atoms with Gasteiger partial charge in [-0.3, -0.25) is 5.10 Å². The average Bonchev–Trinajstić information content (AvgIpc) is 3.15. The molecule has 0 spiro atoms. The number of aromatic amines is 1. The van der Waals surface area contributed by atoms with Crippen molar-refractivity contribution in [3.63, 3.8) is 0 Å². The van der Waals surface area contributed by atoms with Crippen molar-refractivity contribution in [1.29, 1.82) is 0 Å². The third-order valence-corrected chi connectivity index (χ3v) is 4.49. The number of thiophene rings is 1. The molecule has 6 nitrogen and oxygen atoms in total. The molecule has 0 atom stereocenters. The third-order valence-electron chi connectivity index (χ3n) is 3.30. The van der Waals surface area contributed by atoms with Crippen molar-refractivity contribution in [2.75, 3.05) is 30.9 Å². The van der Waals surface area contributed by atoms with Crippen LogP contribution in [0.2, 0.25) is 0 Å². The average molecular weight is 331 g/mol. The molecule has 3 N–H and O–H groups in total.